The Morgan fingerprint density at radius 3 is 3.00 bits per heavy atom. The topological polar surface area (TPSA) is 57.3 Å². The van der Waals surface area contributed by atoms with Crippen LogP contribution >= 0.6 is 0 Å². The SMILES string of the molecule is CN1CCCCC1C(=O)NNc1ccc(F)cn1. The first kappa shape index (κ1) is 12.8. The Morgan fingerprint density at radius 2 is 2.33 bits per heavy atom. The summed E-state index contributed by atoms with van der Waals surface area (Å²) < 4.78 is 12.6. The number of nitrogens with zero attached hydrogens (tertiary/aromatic N) is 2. The van der Waals surface area contributed by atoms with Gasteiger partial charge in [-0.15, -0.1) is 0 Å². The maximum atomic E-state index is 12.6. The van der Waals surface area contributed by atoms with Gasteiger partial charge in [-0.1, -0.05) is 6.42 Å². The second-order valence-electron chi connectivity index (χ2n) is 4.47. The van der Waals surface area contributed by atoms with Crippen molar-refractivity contribution in [3.63, 3.8) is 0 Å². The number of carbonyl (C=O) groups excluding carboxylic acids is 1. The average Bonchev–Trinajstić information content (AvgIpc) is 2.38. The van der Waals surface area contributed by atoms with Crippen LogP contribution in [0.2, 0.25) is 0 Å². The number of halogens is 1. The summed E-state index contributed by atoms with van der Waals surface area (Å²) in [6.45, 7) is 0.937. The van der Waals surface area contributed by atoms with Gasteiger partial charge in [0.05, 0.1) is 12.2 Å². The zero-order valence-electron chi connectivity index (χ0n) is 10.3. The van der Waals surface area contributed by atoms with Gasteiger partial charge in [0, 0.05) is 0 Å². The van der Waals surface area contributed by atoms with E-state index >= 15 is 0 Å². The number of piperidine rings is 1. The number of hydrazine groups is 1. The van der Waals surface area contributed by atoms with Gasteiger partial charge in [-0.2, -0.15) is 0 Å². The smallest absolute Gasteiger partial charge is 0.255 e. The Kier molecular flexibility index (Phi) is 4.09. The van der Waals surface area contributed by atoms with Gasteiger partial charge in [-0.3, -0.25) is 20.5 Å². The lowest BCUT2D eigenvalue weighted by Crippen LogP contribution is -2.49. The summed E-state index contributed by atoms with van der Waals surface area (Å²) in [5.74, 6) is -0.0644. The summed E-state index contributed by atoms with van der Waals surface area (Å²) in [5.41, 5.74) is 5.29. The summed E-state index contributed by atoms with van der Waals surface area (Å²) in [6.07, 6.45) is 4.16. The van der Waals surface area contributed by atoms with Gasteiger partial charge < -0.3 is 0 Å². The average molecular weight is 252 g/mol. The molecular formula is C12H17FN4O. The molecule has 1 amide bonds. The molecule has 2 N–H and O–H groups in total. The van der Waals surface area contributed by atoms with E-state index in [1.54, 1.807) is 0 Å². The Morgan fingerprint density at radius 1 is 1.50 bits per heavy atom. The van der Waals surface area contributed by atoms with Gasteiger partial charge in [-0.25, -0.2) is 9.37 Å². The van der Waals surface area contributed by atoms with Crippen molar-refractivity contribution in [3.8, 4) is 0 Å². The summed E-state index contributed by atoms with van der Waals surface area (Å²) in [5, 5.41) is 0. The monoisotopic (exact) mass is 252 g/mol. The van der Waals surface area contributed by atoms with Crippen molar-refractivity contribution in [1.29, 1.82) is 0 Å². The number of hydrogen-bond donors (Lipinski definition) is 2. The minimum atomic E-state index is -0.404. The summed E-state index contributed by atoms with van der Waals surface area (Å²) in [7, 11) is 1.94. The van der Waals surface area contributed by atoms with Gasteiger partial charge in [0.2, 0.25) is 0 Å². The third kappa shape index (κ3) is 3.16. The van der Waals surface area contributed by atoms with Crippen LogP contribution in [0, 0.1) is 5.82 Å². The molecule has 2 rings (SSSR count). The second-order valence-corrected chi connectivity index (χ2v) is 4.47. The minimum absolute atomic E-state index is 0.0803. The molecule has 1 atom stereocenters. The van der Waals surface area contributed by atoms with Crippen molar-refractivity contribution in [2.45, 2.75) is 25.3 Å². The van der Waals surface area contributed by atoms with Crippen molar-refractivity contribution >= 4 is 11.7 Å². The van der Waals surface area contributed by atoms with Crippen LogP contribution in [0.5, 0.6) is 0 Å². The molecule has 98 valence electrons. The summed E-state index contributed by atoms with van der Waals surface area (Å²) in [4.78, 5) is 17.8. The first-order valence-electron chi connectivity index (χ1n) is 6.04. The normalized spacial score (nSPS) is 20.4. The molecule has 0 aromatic carbocycles. The van der Waals surface area contributed by atoms with Gasteiger partial charge >= 0.3 is 0 Å². The lowest BCUT2D eigenvalue weighted by atomic mass is 10.0. The molecule has 2 heterocycles. The highest BCUT2D eigenvalue weighted by Gasteiger charge is 2.25. The van der Waals surface area contributed by atoms with Crippen LogP contribution in [0.1, 0.15) is 19.3 Å². The fourth-order valence-electron chi connectivity index (χ4n) is 2.07. The quantitative estimate of drug-likeness (QED) is 0.792. The van der Waals surface area contributed by atoms with E-state index in [1.165, 1.54) is 12.1 Å². The van der Waals surface area contributed by atoms with Crippen LogP contribution in [-0.2, 0) is 4.79 Å². The minimum Gasteiger partial charge on any atom is -0.295 e. The standard InChI is InChI=1S/C12H17FN4O/c1-17-7-3-2-4-10(17)12(18)16-15-11-6-5-9(13)8-14-11/h5-6,8,10H,2-4,7H2,1H3,(H,14,15)(H,16,18). The number of nitrogens with one attached hydrogen (secondary N) is 2. The Balaban J connectivity index is 1.85. The number of anilines is 1. The molecule has 6 heteroatoms. The largest absolute Gasteiger partial charge is 0.295 e. The summed E-state index contributed by atoms with van der Waals surface area (Å²) in [6, 6.07) is 2.65. The molecule has 1 aromatic heterocycles. The number of pyridine rings is 1. The number of rotatable bonds is 3. The van der Waals surface area contributed by atoms with Crippen molar-refractivity contribution in [2.24, 2.45) is 0 Å². The molecule has 0 spiro atoms. The van der Waals surface area contributed by atoms with Crippen LogP contribution < -0.4 is 10.9 Å². The molecule has 18 heavy (non-hydrogen) atoms. The third-order valence-corrected chi connectivity index (χ3v) is 3.11. The van der Waals surface area contributed by atoms with Crippen LogP contribution in [0.3, 0.4) is 0 Å². The molecule has 1 aromatic rings. The van der Waals surface area contributed by atoms with E-state index in [9.17, 15) is 9.18 Å². The number of amides is 1. The molecule has 0 saturated carbocycles. The molecule has 0 radical (unpaired) electrons. The highest BCUT2D eigenvalue weighted by Crippen LogP contribution is 2.14. The summed E-state index contributed by atoms with van der Waals surface area (Å²) >= 11 is 0. The Bertz CT molecular complexity index is 409. The van der Waals surface area contributed by atoms with Gasteiger partial charge in [0.1, 0.15) is 11.6 Å². The highest BCUT2D eigenvalue weighted by molar-refractivity contribution is 5.82. The molecule has 1 fully saturated rings. The predicted molar refractivity (Wildman–Crippen MR) is 66.2 cm³/mol. The number of aromatic nitrogens is 1. The molecule has 1 aliphatic rings. The lowest BCUT2D eigenvalue weighted by Gasteiger charge is -2.31. The Labute approximate surface area is 105 Å². The number of carbonyl (C=O) groups is 1. The first-order valence-corrected chi connectivity index (χ1v) is 6.04. The van der Waals surface area contributed by atoms with Gasteiger partial charge in [-0.05, 0) is 38.6 Å². The van der Waals surface area contributed by atoms with Gasteiger partial charge in [0.15, 0.2) is 0 Å². The number of likely N-dealkylation sites (tertiary alicyclic amines) is 1. The van der Waals surface area contributed by atoms with Gasteiger partial charge in [0.25, 0.3) is 5.91 Å². The molecule has 1 unspecified atom stereocenters. The van der Waals surface area contributed by atoms with E-state index in [4.69, 9.17) is 0 Å². The lowest BCUT2D eigenvalue weighted by molar-refractivity contribution is -0.126. The van der Waals surface area contributed by atoms with E-state index in [0.29, 0.717) is 5.82 Å². The third-order valence-electron chi connectivity index (χ3n) is 3.11. The first-order chi connectivity index (χ1) is 8.66. The Hall–Kier alpha value is -1.69. The number of hydrogen-bond acceptors (Lipinski definition) is 4. The van der Waals surface area contributed by atoms with Crippen LogP contribution in [0.25, 0.3) is 0 Å². The molecule has 1 aliphatic heterocycles. The van der Waals surface area contributed by atoms with E-state index in [-0.39, 0.29) is 11.9 Å². The van der Waals surface area contributed by atoms with E-state index in [1.807, 2.05) is 11.9 Å². The molecular weight excluding hydrogens is 235 g/mol. The second kappa shape index (κ2) is 5.77. The maximum Gasteiger partial charge on any atom is 0.255 e. The van der Waals surface area contributed by atoms with E-state index < -0.39 is 5.82 Å². The molecule has 1 saturated heterocycles. The number of likely N-dealkylation sites (N-methyl/N-ethyl adjacent to an activating group) is 1. The van der Waals surface area contributed by atoms with Crippen LogP contribution in [-0.4, -0.2) is 35.4 Å². The zero-order valence-corrected chi connectivity index (χ0v) is 10.3. The molecule has 0 bridgehead atoms. The fourth-order valence-corrected chi connectivity index (χ4v) is 2.07. The molecule has 0 aliphatic carbocycles. The van der Waals surface area contributed by atoms with Crippen molar-refractivity contribution in [2.75, 3.05) is 19.0 Å². The maximum absolute atomic E-state index is 12.6. The fraction of sp³-hybridized carbons (Fsp3) is 0.500. The van der Waals surface area contributed by atoms with Crippen molar-refractivity contribution in [1.82, 2.24) is 15.3 Å². The van der Waals surface area contributed by atoms with Crippen molar-refractivity contribution in [3.05, 3.63) is 24.1 Å². The van der Waals surface area contributed by atoms with Crippen LogP contribution in [0.15, 0.2) is 18.3 Å². The van der Waals surface area contributed by atoms with E-state index in [2.05, 4.69) is 15.8 Å². The molecule has 5 nitrogen and oxygen atoms in total. The van der Waals surface area contributed by atoms with E-state index in [0.717, 1.165) is 32.0 Å². The zero-order chi connectivity index (χ0) is 13.0. The van der Waals surface area contributed by atoms with Crippen LogP contribution in [0.4, 0.5) is 10.2 Å². The highest BCUT2D eigenvalue weighted by atomic mass is 19.1. The predicted octanol–water partition coefficient (Wildman–Crippen LogP) is 1.15. The van der Waals surface area contributed by atoms with Crippen molar-refractivity contribution < 1.29 is 9.18 Å².